The lowest BCUT2D eigenvalue weighted by Gasteiger charge is -2.29. The number of hydrogen-bond acceptors (Lipinski definition) is 11. The van der Waals surface area contributed by atoms with Crippen molar-refractivity contribution in [3.63, 3.8) is 0 Å². The number of carbonyl (C=O) groups excluding carboxylic acids is 2. The van der Waals surface area contributed by atoms with Crippen LogP contribution in [0.3, 0.4) is 0 Å². The molecule has 3 heterocycles. The minimum absolute atomic E-state index is 0.197. The molecule has 1 unspecified atom stereocenters. The molecule has 0 saturated carbocycles. The van der Waals surface area contributed by atoms with E-state index < -0.39 is 43.8 Å². The molecule has 1 aliphatic heterocycles. The van der Waals surface area contributed by atoms with Crippen LogP contribution in [-0.4, -0.2) is 75.8 Å². The molecule has 0 radical (unpaired) electrons. The van der Waals surface area contributed by atoms with Crippen molar-refractivity contribution in [3.05, 3.63) is 84.4 Å². The van der Waals surface area contributed by atoms with E-state index in [0.29, 0.717) is 30.4 Å². The molecule has 1 aliphatic rings. The smallest absolute Gasteiger partial charge is 0.323 e. The summed E-state index contributed by atoms with van der Waals surface area (Å²) in [6.45, 7) is 4.41. The minimum Gasteiger partial charge on any atom is -0.465 e. The van der Waals surface area contributed by atoms with Crippen molar-refractivity contribution in [2.45, 2.75) is 70.4 Å². The molecule has 5 rings (SSSR count). The lowest BCUT2D eigenvalue weighted by molar-refractivity contribution is -0.146. The van der Waals surface area contributed by atoms with Gasteiger partial charge < -0.3 is 24.7 Å². The number of nitrogens with zero attached hydrogens (tertiary/aromatic N) is 4. The van der Waals surface area contributed by atoms with Crippen LogP contribution in [0, 0.1) is 0 Å². The Labute approximate surface area is 285 Å². The zero-order valence-electron chi connectivity index (χ0n) is 27.8. The molecule has 15 heteroatoms. The molecule has 2 aromatic carbocycles. The first-order valence-corrected chi connectivity index (χ1v) is 18.4. The Kier molecular flexibility index (Phi) is 12.9. The third kappa shape index (κ3) is 9.93. The number of ether oxygens (including phenoxy) is 4. The van der Waals surface area contributed by atoms with Gasteiger partial charge in [-0.15, -0.1) is 0 Å². The molecule has 4 atom stereocenters. The Balaban J connectivity index is 1.39. The Morgan fingerprint density at radius 1 is 0.918 bits per heavy atom. The molecule has 49 heavy (non-hydrogen) atoms. The second kappa shape index (κ2) is 17.5. The molecule has 14 nitrogen and oxygen atoms in total. The zero-order valence-corrected chi connectivity index (χ0v) is 28.7. The summed E-state index contributed by atoms with van der Waals surface area (Å²) >= 11 is 0. The largest absolute Gasteiger partial charge is 0.465 e. The highest BCUT2D eigenvalue weighted by atomic mass is 31.2. The first-order valence-electron chi connectivity index (χ1n) is 16.5. The second-order valence-electron chi connectivity index (χ2n) is 11.8. The van der Waals surface area contributed by atoms with Crippen LogP contribution < -0.4 is 15.9 Å². The summed E-state index contributed by atoms with van der Waals surface area (Å²) in [5.41, 5.74) is 8.63. The van der Waals surface area contributed by atoms with Gasteiger partial charge >= 0.3 is 11.9 Å². The highest BCUT2D eigenvalue weighted by Gasteiger charge is 2.38. The van der Waals surface area contributed by atoms with Crippen LogP contribution in [0.25, 0.3) is 11.2 Å². The molecule has 4 aromatic rings. The first-order chi connectivity index (χ1) is 23.8. The molecule has 1 fully saturated rings. The number of imidazole rings is 1. The van der Waals surface area contributed by atoms with Gasteiger partial charge in [0.15, 0.2) is 11.5 Å². The molecular weight excluding hydrogens is 649 g/mol. The maximum absolute atomic E-state index is 15.0. The van der Waals surface area contributed by atoms with Gasteiger partial charge in [-0.05, 0) is 36.8 Å². The maximum atomic E-state index is 15.0. The number of nitrogen functional groups attached to an aromatic ring is 1. The zero-order chi connectivity index (χ0) is 34.6. The molecule has 0 aliphatic carbocycles. The van der Waals surface area contributed by atoms with Crippen LogP contribution in [-0.2, 0) is 45.9 Å². The Morgan fingerprint density at radius 2 is 1.49 bits per heavy atom. The number of benzene rings is 2. The third-order valence-electron chi connectivity index (χ3n) is 7.89. The minimum atomic E-state index is -3.89. The number of fused-ring (bicyclic) bond motifs is 1. The first kappa shape index (κ1) is 36.1. The molecule has 2 aromatic heterocycles. The van der Waals surface area contributed by atoms with Crippen LogP contribution >= 0.6 is 7.44 Å². The van der Waals surface area contributed by atoms with Gasteiger partial charge in [0.1, 0.15) is 36.5 Å². The fraction of sp³-hybridized carbons (Fsp3) is 0.441. The third-order valence-corrected chi connectivity index (χ3v) is 9.86. The van der Waals surface area contributed by atoms with Crippen LogP contribution in [0.5, 0.6) is 0 Å². The van der Waals surface area contributed by atoms with Crippen molar-refractivity contribution < 1.29 is 33.1 Å². The number of anilines is 1. The molecule has 0 spiro atoms. The van der Waals surface area contributed by atoms with Crippen molar-refractivity contribution in [1.82, 2.24) is 29.7 Å². The van der Waals surface area contributed by atoms with E-state index in [-0.39, 0.29) is 44.8 Å². The molecule has 0 amide bonds. The van der Waals surface area contributed by atoms with Crippen LogP contribution in [0.2, 0.25) is 0 Å². The average molecular weight is 694 g/mol. The van der Waals surface area contributed by atoms with Gasteiger partial charge in [0.25, 0.3) is 0 Å². The van der Waals surface area contributed by atoms with E-state index in [0.717, 1.165) is 11.1 Å². The standard InChI is InChI=1S/C34H44N7O7P/c1-3-15-45-33(42)27(17-24-11-7-5-8-12-24)39-49(44,40-28(34(43)46-16-4-2)18-25-13-9-6-10-14-25)23-48-26-19-29(47-20-26)41-22-38-30-31(35)36-21-37-32(30)41/h5-14,21-22,26-29H,3-4,15-20,23H2,1-2H3,(H2,35,36,37)(H2,39,40,44)/t26-,27+,28+,29?/m1/s1. The van der Waals surface area contributed by atoms with Crippen LogP contribution in [0.4, 0.5) is 5.82 Å². The lowest BCUT2D eigenvalue weighted by Crippen LogP contribution is -2.47. The van der Waals surface area contributed by atoms with E-state index in [2.05, 4.69) is 25.1 Å². The van der Waals surface area contributed by atoms with Gasteiger partial charge in [-0.1, -0.05) is 74.5 Å². The van der Waals surface area contributed by atoms with E-state index >= 15 is 4.57 Å². The molecular formula is C34H44N7O7P. The normalized spacial score (nSPS) is 17.5. The van der Waals surface area contributed by atoms with Crippen molar-refractivity contribution >= 4 is 36.4 Å². The summed E-state index contributed by atoms with van der Waals surface area (Å²) in [5.74, 6) is -0.852. The number of hydrogen-bond donors (Lipinski definition) is 3. The summed E-state index contributed by atoms with van der Waals surface area (Å²) < 4.78 is 40.1. The molecule has 4 N–H and O–H groups in total. The lowest BCUT2D eigenvalue weighted by atomic mass is 10.1. The monoisotopic (exact) mass is 693 g/mol. The van der Waals surface area contributed by atoms with Gasteiger partial charge in [-0.3, -0.25) is 18.7 Å². The number of nitrogens with two attached hydrogens (primary N) is 1. The maximum Gasteiger partial charge on any atom is 0.323 e. The van der Waals surface area contributed by atoms with Crippen molar-refractivity contribution in [3.8, 4) is 0 Å². The summed E-state index contributed by atoms with van der Waals surface area (Å²) in [4.78, 5) is 39.4. The van der Waals surface area contributed by atoms with E-state index in [1.54, 1.807) is 10.9 Å². The molecule has 1 saturated heterocycles. The highest BCUT2D eigenvalue weighted by Crippen LogP contribution is 2.40. The van der Waals surface area contributed by atoms with Gasteiger partial charge in [0.2, 0.25) is 7.44 Å². The average Bonchev–Trinajstić information content (AvgIpc) is 3.77. The van der Waals surface area contributed by atoms with Crippen molar-refractivity contribution in [1.29, 1.82) is 0 Å². The van der Waals surface area contributed by atoms with E-state index in [1.165, 1.54) is 6.33 Å². The van der Waals surface area contributed by atoms with Crippen LogP contribution in [0.1, 0.15) is 50.5 Å². The summed E-state index contributed by atoms with van der Waals surface area (Å²) in [6, 6.07) is 16.7. The number of rotatable bonds is 18. The summed E-state index contributed by atoms with van der Waals surface area (Å²) in [5, 5.41) is 6.12. The Morgan fingerprint density at radius 3 is 2.04 bits per heavy atom. The number of aromatic nitrogens is 4. The highest BCUT2D eigenvalue weighted by molar-refractivity contribution is 7.59. The number of nitrogens with one attached hydrogen (secondary N) is 2. The quantitative estimate of drug-likeness (QED) is 0.0999. The van der Waals surface area contributed by atoms with Crippen molar-refractivity contribution in [2.75, 3.05) is 31.9 Å². The molecule has 0 bridgehead atoms. The predicted octanol–water partition coefficient (Wildman–Crippen LogP) is 4.17. The Bertz CT molecular complexity index is 1640. The van der Waals surface area contributed by atoms with Gasteiger partial charge in [0.05, 0.1) is 32.3 Å². The van der Waals surface area contributed by atoms with Crippen LogP contribution in [0.15, 0.2) is 73.3 Å². The van der Waals surface area contributed by atoms with E-state index in [9.17, 15) is 9.59 Å². The van der Waals surface area contributed by atoms with Crippen molar-refractivity contribution in [2.24, 2.45) is 0 Å². The van der Waals surface area contributed by atoms with Gasteiger partial charge in [0, 0.05) is 6.42 Å². The topological polar surface area (TPSA) is 182 Å². The van der Waals surface area contributed by atoms with E-state index in [4.69, 9.17) is 24.7 Å². The van der Waals surface area contributed by atoms with E-state index in [1.807, 2.05) is 74.5 Å². The molecule has 262 valence electrons. The fourth-order valence-corrected chi connectivity index (χ4v) is 7.51. The fourth-order valence-electron chi connectivity index (χ4n) is 5.47. The second-order valence-corrected chi connectivity index (χ2v) is 14.1. The Hall–Kier alpha value is -4.20. The predicted molar refractivity (Wildman–Crippen MR) is 183 cm³/mol. The number of carbonyl (C=O) groups is 2. The SMILES string of the molecule is CCCOC(=O)[C@H](Cc1ccccc1)NP(=O)(CO[C@H]1COC(n2cnc3c(N)ncnc32)C1)N[C@@H](Cc1ccccc1)C(=O)OCCC. The van der Waals surface area contributed by atoms with Gasteiger partial charge in [-0.25, -0.2) is 25.1 Å². The summed E-state index contributed by atoms with van der Waals surface area (Å²) in [6.07, 6.45) is 3.70. The number of esters is 2. The summed E-state index contributed by atoms with van der Waals surface area (Å²) in [7, 11) is -3.89. The van der Waals surface area contributed by atoms with Gasteiger partial charge in [-0.2, -0.15) is 0 Å².